The zero-order chi connectivity index (χ0) is 19.2. The number of nitrogens with zero attached hydrogens (tertiary/aromatic N) is 1. The number of oxazole rings is 1. The molecule has 0 aliphatic rings. The van der Waals surface area contributed by atoms with Crippen molar-refractivity contribution in [3.63, 3.8) is 0 Å². The highest BCUT2D eigenvalue weighted by molar-refractivity contribution is 6.30. The molecule has 0 aliphatic heterocycles. The van der Waals surface area contributed by atoms with Crippen molar-refractivity contribution in [2.24, 2.45) is 0 Å². The van der Waals surface area contributed by atoms with Crippen LogP contribution in [0.4, 0.5) is 5.69 Å². The summed E-state index contributed by atoms with van der Waals surface area (Å²) in [6.45, 7) is 4.37. The Morgan fingerprint density at radius 1 is 1.11 bits per heavy atom. The normalized spacial score (nSPS) is 10.8. The third kappa shape index (κ3) is 5.59. The standard InChI is InChI=1S/C21H22ClN3O2/c1-14(2)25-20(26)11-15-3-9-18(10-4-15)23-13-21-24-12-19(27-21)16-5-7-17(22)8-6-16/h3-10,12,14,23H,11,13H2,1-2H3,(H,25,26). The lowest BCUT2D eigenvalue weighted by molar-refractivity contribution is -0.120. The predicted octanol–water partition coefficient (Wildman–Crippen LogP) is 4.67. The molecule has 0 radical (unpaired) electrons. The Morgan fingerprint density at radius 2 is 1.81 bits per heavy atom. The van der Waals surface area contributed by atoms with E-state index >= 15 is 0 Å². The van der Waals surface area contributed by atoms with Crippen molar-refractivity contribution >= 4 is 23.2 Å². The van der Waals surface area contributed by atoms with Gasteiger partial charge >= 0.3 is 0 Å². The van der Waals surface area contributed by atoms with E-state index in [1.165, 1.54) is 0 Å². The minimum atomic E-state index is 0.0280. The first-order chi connectivity index (χ1) is 13.0. The van der Waals surface area contributed by atoms with Gasteiger partial charge in [-0.3, -0.25) is 4.79 Å². The third-order valence-corrected chi connectivity index (χ3v) is 4.15. The molecule has 0 saturated carbocycles. The first kappa shape index (κ1) is 19.0. The zero-order valence-electron chi connectivity index (χ0n) is 15.3. The number of nitrogens with one attached hydrogen (secondary N) is 2. The monoisotopic (exact) mass is 383 g/mol. The van der Waals surface area contributed by atoms with Crippen LogP contribution in [0.2, 0.25) is 5.02 Å². The van der Waals surface area contributed by atoms with Crippen LogP contribution in [0.15, 0.2) is 59.1 Å². The number of benzene rings is 2. The molecule has 140 valence electrons. The van der Waals surface area contributed by atoms with E-state index in [1.807, 2.05) is 62.4 Å². The molecule has 1 amide bonds. The van der Waals surface area contributed by atoms with E-state index in [4.69, 9.17) is 16.0 Å². The first-order valence-corrected chi connectivity index (χ1v) is 9.20. The van der Waals surface area contributed by atoms with Crippen LogP contribution in [0.1, 0.15) is 25.3 Å². The fourth-order valence-corrected chi connectivity index (χ4v) is 2.74. The minimum absolute atomic E-state index is 0.0280. The number of hydrogen-bond acceptors (Lipinski definition) is 4. The van der Waals surface area contributed by atoms with Crippen LogP contribution in [-0.2, 0) is 17.8 Å². The third-order valence-electron chi connectivity index (χ3n) is 3.89. The highest BCUT2D eigenvalue weighted by atomic mass is 35.5. The van der Waals surface area contributed by atoms with Crippen LogP contribution in [-0.4, -0.2) is 16.9 Å². The van der Waals surface area contributed by atoms with Crippen LogP contribution in [0.5, 0.6) is 0 Å². The number of halogens is 1. The van der Waals surface area contributed by atoms with Crippen molar-refractivity contribution in [3.8, 4) is 11.3 Å². The summed E-state index contributed by atoms with van der Waals surface area (Å²) in [5.41, 5.74) is 2.84. The van der Waals surface area contributed by atoms with Gasteiger partial charge in [0.2, 0.25) is 11.8 Å². The van der Waals surface area contributed by atoms with E-state index in [-0.39, 0.29) is 11.9 Å². The molecule has 0 bridgehead atoms. The van der Waals surface area contributed by atoms with Gasteiger partial charge in [0.25, 0.3) is 0 Å². The first-order valence-electron chi connectivity index (χ1n) is 8.82. The summed E-state index contributed by atoms with van der Waals surface area (Å²) in [6, 6.07) is 15.4. The largest absolute Gasteiger partial charge is 0.439 e. The summed E-state index contributed by atoms with van der Waals surface area (Å²) < 4.78 is 5.77. The summed E-state index contributed by atoms with van der Waals surface area (Å²) in [4.78, 5) is 16.1. The predicted molar refractivity (Wildman–Crippen MR) is 108 cm³/mol. The molecule has 3 rings (SSSR count). The highest BCUT2D eigenvalue weighted by Crippen LogP contribution is 2.22. The molecular formula is C21H22ClN3O2. The molecule has 0 atom stereocenters. The number of carbonyl (C=O) groups is 1. The molecule has 1 heterocycles. The molecular weight excluding hydrogens is 362 g/mol. The molecule has 0 fully saturated rings. The molecule has 2 N–H and O–H groups in total. The van der Waals surface area contributed by atoms with E-state index in [0.717, 1.165) is 16.8 Å². The van der Waals surface area contributed by atoms with Crippen LogP contribution in [0.25, 0.3) is 11.3 Å². The molecule has 5 nitrogen and oxygen atoms in total. The molecule has 0 spiro atoms. The van der Waals surface area contributed by atoms with Crippen molar-refractivity contribution in [1.29, 1.82) is 0 Å². The fraction of sp³-hybridized carbons (Fsp3) is 0.238. The summed E-state index contributed by atoms with van der Waals surface area (Å²) in [6.07, 6.45) is 2.08. The Labute approximate surface area is 163 Å². The lowest BCUT2D eigenvalue weighted by Gasteiger charge is -2.09. The maximum Gasteiger partial charge on any atom is 0.224 e. The highest BCUT2D eigenvalue weighted by Gasteiger charge is 2.07. The van der Waals surface area contributed by atoms with Gasteiger partial charge in [-0.25, -0.2) is 4.98 Å². The molecule has 27 heavy (non-hydrogen) atoms. The van der Waals surface area contributed by atoms with E-state index in [0.29, 0.717) is 29.6 Å². The van der Waals surface area contributed by atoms with Crippen LogP contribution in [0.3, 0.4) is 0 Å². The Kier molecular flexibility index (Phi) is 6.14. The Hall–Kier alpha value is -2.79. The van der Waals surface area contributed by atoms with Crippen molar-refractivity contribution < 1.29 is 9.21 Å². The smallest absolute Gasteiger partial charge is 0.224 e. The van der Waals surface area contributed by atoms with Gasteiger partial charge in [-0.15, -0.1) is 0 Å². The molecule has 0 saturated heterocycles. The summed E-state index contributed by atoms with van der Waals surface area (Å²) >= 11 is 5.90. The lowest BCUT2D eigenvalue weighted by Crippen LogP contribution is -2.31. The lowest BCUT2D eigenvalue weighted by atomic mass is 10.1. The number of carbonyl (C=O) groups excluding carboxylic acids is 1. The number of hydrogen-bond donors (Lipinski definition) is 2. The van der Waals surface area contributed by atoms with Gasteiger partial charge in [0.05, 0.1) is 19.2 Å². The average Bonchev–Trinajstić information content (AvgIpc) is 3.10. The van der Waals surface area contributed by atoms with Gasteiger partial charge in [0.15, 0.2) is 5.76 Å². The van der Waals surface area contributed by atoms with Crippen molar-refractivity contribution in [2.75, 3.05) is 5.32 Å². The fourth-order valence-electron chi connectivity index (χ4n) is 2.62. The van der Waals surface area contributed by atoms with Gasteiger partial charge in [-0.1, -0.05) is 23.7 Å². The quantitative estimate of drug-likeness (QED) is 0.622. The number of aromatic nitrogens is 1. The van der Waals surface area contributed by atoms with E-state index < -0.39 is 0 Å². The molecule has 0 aliphatic carbocycles. The van der Waals surface area contributed by atoms with E-state index in [2.05, 4.69) is 15.6 Å². The minimum Gasteiger partial charge on any atom is -0.439 e. The SMILES string of the molecule is CC(C)NC(=O)Cc1ccc(NCc2ncc(-c3ccc(Cl)cc3)o2)cc1. The second-order valence-electron chi connectivity index (χ2n) is 6.57. The number of rotatable bonds is 7. The second-order valence-corrected chi connectivity index (χ2v) is 7.01. The molecule has 3 aromatic rings. The summed E-state index contributed by atoms with van der Waals surface area (Å²) in [7, 11) is 0. The molecule has 0 unspecified atom stereocenters. The van der Waals surface area contributed by atoms with E-state index in [1.54, 1.807) is 6.20 Å². The van der Waals surface area contributed by atoms with Crippen LogP contribution < -0.4 is 10.6 Å². The van der Waals surface area contributed by atoms with Crippen LogP contribution in [0, 0.1) is 0 Å². The second kappa shape index (κ2) is 8.73. The summed E-state index contributed by atoms with van der Waals surface area (Å²) in [5.74, 6) is 1.33. The maximum atomic E-state index is 11.8. The van der Waals surface area contributed by atoms with Crippen LogP contribution >= 0.6 is 11.6 Å². The Bertz CT molecular complexity index is 887. The number of anilines is 1. The van der Waals surface area contributed by atoms with Gasteiger partial charge in [-0.05, 0) is 55.8 Å². The molecule has 6 heteroatoms. The Morgan fingerprint density at radius 3 is 2.48 bits per heavy atom. The maximum absolute atomic E-state index is 11.8. The van der Waals surface area contributed by atoms with Gasteiger partial charge in [0, 0.05) is 22.3 Å². The molecule has 1 aromatic heterocycles. The van der Waals surface area contributed by atoms with Crippen molar-refractivity contribution in [1.82, 2.24) is 10.3 Å². The van der Waals surface area contributed by atoms with E-state index in [9.17, 15) is 4.79 Å². The summed E-state index contributed by atoms with van der Waals surface area (Å²) in [5, 5.41) is 6.84. The molecule has 2 aromatic carbocycles. The average molecular weight is 384 g/mol. The topological polar surface area (TPSA) is 67.2 Å². The van der Waals surface area contributed by atoms with Gasteiger partial charge in [-0.2, -0.15) is 0 Å². The number of amides is 1. The van der Waals surface area contributed by atoms with Gasteiger partial charge in [0.1, 0.15) is 0 Å². The Balaban J connectivity index is 1.54. The van der Waals surface area contributed by atoms with Crippen molar-refractivity contribution in [3.05, 3.63) is 71.2 Å². The van der Waals surface area contributed by atoms with Gasteiger partial charge < -0.3 is 15.1 Å². The zero-order valence-corrected chi connectivity index (χ0v) is 16.1. The van der Waals surface area contributed by atoms with Crippen molar-refractivity contribution in [2.45, 2.75) is 32.9 Å².